The van der Waals surface area contributed by atoms with Gasteiger partial charge in [-0.2, -0.15) is 5.26 Å². The summed E-state index contributed by atoms with van der Waals surface area (Å²) in [6, 6.07) is 17.7. The minimum Gasteiger partial charge on any atom is -0.493 e. The summed E-state index contributed by atoms with van der Waals surface area (Å²) in [7, 11) is 0. The van der Waals surface area contributed by atoms with Crippen LogP contribution in [0.5, 0.6) is 5.75 Å². The van der Waals surface area contributed by atoms with Crippen LogP contribution in [0.2, 0.25) is 0 Å². The third-order valence-corrected chi connectivity index (χ3v) is 5.18. The number of nitriles is 1. The lowest BCUT2D eigenvalue weighted by atomic mass is 9.91. The molecule has 4 rings (SSSR count). The summed E-state index contributed by atoms with van der Waals surface area (Å²) in [5.41, 5.74) is 2.87. The Morgan fingerprint density at radius 3 is 2.92 bits per heavy atom. The van der Waals surface area contributed by atoms with Crippen molar-refractivity contribution in [3.63, 3.8) is 0 Å². The first-order valence-electron chi connectivity index (χ1n) is 9.04. The number of likely N-dealkylation sites (tertiary alicyclic amines) is 1. The summed E-state index contributed by atoms with van der Waals surface area (Å²) in [6.07, 6.45) is 2.63. The van der Waals surface area contributed by atoms with E-state index in [-0.39, 0.29) is 18.0 Å². The number of carbonyl (C=O) groups excluding carboxylic acids is 1. The molecule has 2 atom stereocenters. The number of hydrogen-bond acceptors (Lipinski definition) is 3. The molecule has 0 radical (unpaired) electrons. The smallest absolute Gasteiger partial charge is 0.322 e. The average Bonchev–Trinajstić information content (AvgIpc) is 3.32. The average molecular weight is 347 g/mol. The predicted molar refractivity (Wildman–Crippen MR) is 99.2 cm³/mol. The quantitative estimate of drug-likeness (QED) is 0.915. The SMILES string of the molecule is N#CC(c1ccccc1)C1CCCN1C(=O)Nc1ccc2c(c1)CCO2. The summed E-state index contributed by atoms with van der Waals surface area (Å²) < 4.78 is 5.51. The molecule has 1 saturated heterocycles. The van der Waals surface area contributed by atoms with E-state index in [4.69, 9.17) is 4.74 Å². The van der Waals surface area contributed by atoms with Crippen molar-refractivity contribution in [2.24, 2.45) is 0 Å². The van der Waals surface area contributed by atoms with Crippen molar-refractivity contribution in [1.29, 1.82) is 5.26 Å². The Hall–Kier alpha value is -3.00. The Kier molecular flexibility index (Phi) is 4.49. The van der Waals surface area contributed by atoms with Gasteiger partial charge in [0.1, 0.15) is 5.75 Å². The molecule has 2 heterocycles. The largest absolute Gasteiger partial charge is 0.493 e. The van der Waals surface area contributed by atoms with Crippen LogP contribution in [-0.2, 0) is 6.42 Å². The van der Waals surface area contributed by atoms with E-state index in [1.54, 1.807) is 0 Å². The molecule has 0 saturated carbocycles. The second-order valence-electron chi connectivity index (χ2n) is 6.77. The monoisotopic (exact) mass is 347 g/mol. The molecule has 26 heavy (non-hydrogen) atoms. The van der Waals surface area contributed by atoms with E-state index in [1.165, 1.54) is 0 Å². The zero-order valence-electron chi connectivity index (χ0n) is 14.5. The number of anilines is 1. The van der Waals surface area contributed by atoms with Crippen molar-refractivity contribution in [3.8, 4) is 11.8 Å². The summed E-state index contributed by atoms with van der Waals surface area (Å²) in [6.45, 7) is 1.37. The van der Waals surface area contributed by atoms with Gasteiger partial charge in [-0.25, -0.2) is 4.79 Å². The van der Waals surface area contributed by atoms with Crippen molar-refractivity contribution in [3.05, 3.63) is 59.7 Å². The molecule has 1 fully saturated rings. The normalized spacial score (nSPS) is 19.3. The molecule has 2 aromatic carbocycles. The van der Waals surface area contributed by atoms with Gasteiger partial charge in [-0.3, -0.25) is 0 Å². The summed E-state index contributed by atoms with van der Waals surface area (Å²) in [5.74, 6) is 0.591. The maximum atomic E-state index is 12.9. The van der Waals surface area contributed by atoms with Crippen LogP contribution in [0.15, 0.2) is 48.5 Å². The second kappa shape index (κ2) is 7.09. The third-order valence-electron chi connectivity index (χ3n) is 5.18. The number of benzene rings is 2. The zero-order valence-corrected chi connectivity index (χ0v) is 14.5. The highest BCUT2D eigenvalue weighted by Crippen LogP contribution is 2.32. The molecule has 2 aromatic rings. The summed E-state index contributed by atoms with van der Waals surface area (Å²) in [4.78, 5) is 14.7. The number of nitrogens with one attached hydrogen (secondary N) is 1. The van der Waals surface area contributed by atoms with Crippen LogP contribution in [0.25, 0.3) is 0 Å². The van der Waals surface area contributed by atoms with Crippen LogP contribution < -0.4 is 10.1 Å². The molecule has 2 unspecified atom stereocenters. The Bertz CT molecular complexity index is 844. The molecule has 2 aliphatic heterocycles. The standard InChI is InChI=1S/C21H21N3O2/c22-14-18(15-5-2-1-3-6-15)19-7-4-11-24(19)21(25)23-17-8-9-20-16(13-17)10-12-26-20/h1-3,5-6,8-9,13,18-19H,4,7,10-12H2,(H,23,25). The lowest BCUT2D eigenvalue weighted by Gasteiger charge is -2.28. The van der Waals surface area contributed by atoms with E-state index in [2.05, 4.69) is 11.4 Å². The molecule has 132 valence electrons. The number of nitrogens with zero attached hydrogens (tertiary/aromatic N) is 2. The number of amides is 2. The molecular formula is C21H21N3O2. The first-order chi connectivity index (χ1) is 12.8. The Morgan fingerprint density at radius 1 is 1.27 bits per heavy atom. The highest BCUT2D eigenvalue weighted by molar-refractivity contribution is 5.90. The van der Waals surface area contributed by atoms with Gasteiger partial charge in [0.2, 0.25) is 0 Å². The van der Waals surface area contributed by atoms with Crippen molar-refractivity contribution in [2.75, 3.05) is 18.5 Å². The third kappa shape index (κ3) is 3.11. The fourth-order valence-electron chi connectivity index (χ4n) is 3.89. The first-order valence-corrected chi connectivity index (χ1v) is 9.04. The van der Waals surface area contributed by atoms with Crippen LogP contribution in [0.1, 0.15) is 29.9 Å². The van der Waals surface area contributed by atoms with Gasteiger partial charge in [-0.05, 0) is 42.2 Å². The molecule has 0 bridgehead atoms. The minimum atomic E-state index is -0.308. The maximum Gasteiger partial charge on any atom is 0.322 e. The van der Waals surface area contributed by atoms with Gasteiger partial charge < -0.3 is 15.0 Å². The van der Waals surface area contributed by atoms with Crippen LogP contribution in [0.3, 0.4) is 0 Å². The van der Waals surface area contributed by atoms with Gasteiger partial charge in [0.25, 0.3) is 0 Å². The molecule has 5 heteroatoms. The summed E-state index contributed by atoms with van der Waals surface area (Å²) >= 11 is 0. The van der Waals surface area contributed by atoms with Gasteiger partial charge in [-0.1, -0.05) is 30.3 Å². The number of carbonyl (C=O) groups is 1. The van der Waals surface area contributed by atoms with Crippen LogP contribution >= 0.6 is 0 Å². The van der Waals surface area contributed by atoms with Crippen molar-refractivity contribution in [2.45, 2.75) is 31.2 Å². The van der Waals surface area contributed by atoms with E-state index in [9.17, 15) is 10.1 Å². The van der Waals surface area contributed by atoms with Gasteiger partial charge in [0.15, 0.2) is 0 Å². The highest BCUT2D eigenvalue weighted by Gasteiger charge is 2.35. The van der Waals surface area contributed by atoms with Gasteiger partial charge in [0, 0.05) is 18.7 Å². The second-order valence-corrected chi connectivity index (χ2v) is 6.77. The van der Waals surface area contributed by atoms with E-state index in [1.807, 2.05) is 53.4 Å². The Labute approximate surface area is 153 Å². The minimum absolute atomic E-state index is 0.0971. The Morgan fingerprint density at radius 2 is 2.12 bits per heavy atom. The van der Waals surface area contributed by atoms with Crippen molar-refractivity contribution >= 4 is 11.7 Å². The fourth-order valence-corrected chi connectivity index (χ4v) is 3.89. The number of ether oxygens (including phenoxy) is 1. The molecule has 5 nitrogen and oxygen atoms in total. The van der Waals surface area contributed by atoms with Crippen LogP contribution in [0, 0.1) is 11.3 Å². The lowest BCUT2D eigenvalue weighted by molar-refractivity contribution is 0.203. The van der Waals surface area contributed by atoms with Crippen LogP contribution in [0.4, 0.5) is 10.5 Å². The van der Waals surface area contributed by atoms with Gasteiger partial charge >= 0.3 is 6.03 Å². The van der Waals surface area contributed by atoms with E-state index < -0.39 is 0 Å². The zero-order chi connectivity index (χ0) is 17.9. The number of fused-ring (bicyclic) bond motifs is 1. The topological polar surface area (TPSA) is 65.4 Å². The molecule has 0 aromatic heterocycles. The highest BCUT2D eigenvalue weighted by atomic mass is 16.5. The lowest BCUT2D eigenvalue weighted by Crippen LogP contribution is -2.41. The van der Waals surface area contributed by atoms with Gasteiger partial charge in [0.05, 0.1) is 24.6 Å². The molecular weight excluding hydrogens is 326 g/mol. The first kappa shape index (κ1) is 16.5. The number of urea groups is 1. The molecule has 0 aliphatic carbocycles. The fraction of sp³-hybridized carbons (Fsp3) is 0.333. The van der Waals surface area contributed by atoms with Gasteiger partial charge in [-0.15, -0.1) is 0 Å². The summed E-state index contributed by atoms with van der Waals surface area (Å²) in [5, 5.41) is 12.7. The van der Waals surface area contributed by atoms with E-state index in [0.717, 1.165) is 41.8 Å². The van der Waals surface area contributed by atoms with E-state index in [0.29, 0.717) is 13.2 Å². The van der Waals surface area contributed by atoms with Crippen molar-refractivity contribution < 1.29 is 9.53 Å². The number of rotatable bonds is 3. The molecule has 2 amide bonds. The molecule has 1 N–H and O–H groups in total. The van der Waals surface area contributed by atoms with Crippen LogP contribution in [-0.4, -0.2) is 30.1 Å². The molecule has 2 aliphatic rings. The Balaban J connectivity index is 1.51. The number of hydrogen-bond donors (Lipinski definition) is 1. The molecule has 0 spiro atoms. The van der Waals surface area contributed by atoms with Crippen molar-refractivity contribution in [1.82, 2.24) is 4.90 Å². The van der Waals surface area contributed by atoms with E-state index >= 15 is 0 Å². The predicted octanol–water partition coefficient (Wildman–Crippen LogP) is 3.93. The maximum absolute atomic E-state index is 12.9.